The molecule has 4 aliphatic carbocycles. The monoisotopic (exact) mass is 387 g/mol. The molecule has 0 atom stereocenters. The van der Waals surface area contributed by atoms with Gasteiger partial charge < -0.3 is 10.6 Å². The van der Waals surface area contributed by atoms with Gasteiger partial charge in [-0.15, -0.1) is 0 Å². The van der Waals surface area contributed by atoms with Crippen LogP contribution in [0.3, 0.4) is 0 Å². The number of carbonyl (C=O) groups is 1. The van der Waals surface area contributed by atoms with Crippen molar-refractivity contribution in [3.05, 3.63) is 33.9 Å². The zero-order valence-electron chi connectivity index (χ0n) is 15.5. The molecule has 27 heavy (non-hydrogen) atoms. The molecular formula is C20H25N3O3S. The molecular weight excluding hydrogens is 362 g/mol. The van der Waals surface area contributed by atoms with Gasteiger partial charge in [0.1, 0.15) is 0 Å². The van der Waals surface area contributed by atoms with Crippen LogP contribution in [0.5, 0.6) is 0 Å². The third kappa shape index (κ3) is 3.83. The standard InChI is InChI=1S/C20H25N3O3S/c1-12-2-3-16(23(25)26)7-17(12)21-19(27)22-18(24)11-20-8-13-4-14(9-20)6-15(5-13)10-20/h2-3,7,13-15H,4-6,8-11H2,1H3,(H2,21,22,24,27). The van der Waals surface area contributed by atoms with Gasteiger partial charge >= 0.3 is 0 Å². The van der Waals surface area contributed by atoms with Crippen molar-refractivity contribution in [1.29, 1.82) is 0 Å². The van der Waals surface area contributed by atoms with Crippen molar-refractivity contribution in [2.75, 3.05) is 5.32 Å². The summed E-state index contributed by atoms with van der Waals surface area (Å²) in [5.74, 6) is 2.38. The Bertz CT molecular complexity index is 772. The molecule has 0 radical (unpaired) electrons. The third-order valence-electron chi connectivity index (χ3n) is 6.63. The molecule has 4 bridgehead atoms. The molecule has 0 saturated heterocycles. The molecule has 1 amide bonds. The number of hydrogen-bond acceptors (Lipinski definition) is 4. The average molecular weight is 388 g/mol. The molecule has 0 aliphatic heterocycles. The second-order valence-corrected chi connectivity index (χ2v) is 9.26. The summed E-state index contributed by atoms with van der Waals surface area (Å²) in [7, 11) is 0. The van der Waals surface area contributed by atoms with E-state index in [9.17, 15) is 14.9 Å². The van der Waals surface area contributed by atoms with Gasteiger partial charge in [-0.05, 0) is 86.4 Å². The van der Waals surface area contributed by atoms with Crippen LogP contribution >= 0.6 is 12.2 Å². The van der Waals surface area contributed by atoms with Gasteiger partial charge in [-0.1, -0.05) is 6.07 Å². The van der Waals surface area contributed by atoms with E-state index < -0.39 is 4.92 Å². The van der Waals surface area contributed by atoms with Crippen LogP contribution in [-0.4, -0.2) is 15.9 Å². The fraction of sp³-hybridized carbons (Fsp3) is 0.600. The minimum Gasteiger partial charge on any atom is -0.332 e. The van der Waals surface area contributed by atoms with E-state index in [0.29, 0.717) is 12.1 Å². The first kappa shape index (κ1) is 18.3. The van der Waals surface area contributed by atoms with E-state index in [1.54, 1.807) is 6.07 Å². The Morgan fingerprint density at radius 3 is 2.37 bits per heavy atom. The molecule has 1 aromatic carbocycles. The first-order valence-electron chi connectivity index (χ1n) is 9.68. The maximum Gasteiger partial charge on any atom is 0.271 e. The van der Waals surface area contributed by atoms with Crippen LogP contribution in [0.4, 0.5) is 11.4 Å². The molecule has 7 heteroatoms. The molecule has 1 aromatic rings. The number of anilines is 1. The number of carbonyl (C=O) groups excluding carboxylic acids is 1. The highest BCUT2D eigenvalue weighted by Crippen LogP contribution is 2.61. The van der Waals surface area contributed by atoms with Crippen molar-refractivity contribution in [2.45, 2.75) is 51.9 Å². The quantitative estimate of drug-likeness (QED) is 0.456. The van der Waals surface area contributed by atoms with Crippen LogP contribution in [0.1, 0.15) is 50.5 Å². The molecule has 0 spiro atoms. The van der Waals surface area contributed by atoms with E-state index in [4.69, 9.17) is 12.2 Å². The van der Waals surface area contributed by atoms with Gasteiger partial charge in [0, 0.05) is 24.2 Å². The lowest BCUT2D eigenvalue weighted by atomic mass is 9.49. The first-order chi connectivity index (χ1) is 12.8. The zero-order valence-corrected chi connectivity index (χ0v) is 16.3. The molecule has 5 rings (SSSR count). The number of non-ortho nitro benzene ring substituents is 1. The van der Waals surface area contributed by atoms with Crippen molar-refractivity contribution >= 4 is 34.6 Å². The summed E-state index contributed by atoms with van der Waals surface area (Å²) in [5.41, 5.74) is 1.53. The lowest BCUT2D eigenvalue weighted by molar-refractivity contribution is -0.384. The molecule has 4 aliphatic rings. The second kappa shape index (κ2) is 6.86. The number of hydrogen-bond donors (Lipinski definition) is 2. The number of amides is 1. The van der Waals surface area contributed by atoms with E-state index in [0.717, 1.165) is 23.3 Å². The van der Waals surface area contributed by atoms with Gasteiger partial charge in [0.25, 0.3) is 5.69 Å². The Morgan fingerprint density at radius 1 is 1.22 bits per heavy atom. The third-order valence-corrected chi connectivity index (χ3v) is 6.84. The summed E-state index contributed by atoms with van der Waals surface area (Å²) in [6, 6.07) is 4.56. The van der Waals surface area contributed by atoms with Gasteiger partial charge in [-0.25, -0.2) is 0 Å². The van der Waals surface area contributed by atoms with E-state index in [2.05, 4.69) is 10.6 Å². The van der Waals surface area contributed by atoms with Crippen LogP contribution in [0.15, 0.2) is 18.2 Å². The number of rotatable bonds is 4. The Kier molecular flexibility index (Phi) is 4.66. The SMILES string of the molecule is Cc1ccc([N+](=O)[O-])cc1NC(=S)NC(=O)CC12CC3CC(CC(C3)C1)C2. The number of thiocarbonyl (C=S) groups is 1. The second-order valence-electron chi connectivity index (χ2n) is 8.85. The molecule has 6 nitrogen and oxygen atoms in total. The minimum atomic E-state index is -0.445. The molecule has 144 valence electrons. The maximum absolute atomic E-state index is 12.6. The fourth-order valence-corrected chi connectivity index (χ4v) is 6.25. The van der Waals surface area contributed by atoms with E-state index in [1.165, 1.54) is 50.7 Å². The molecule has 0 aromatic heterocycles. The zero-order chi connectivity index (χ0) is 19.2. The number of nitro benzene ring substituents is 1. The topological polar surface area (TPSA) is 84.3 Å². The largest absolute Gasteiger partial charge is 0.332 e. The maximum atomic E-state index is 12.6. The Balaban J connectivity index is 1.37. The molecule has 0 unspecified atom stereocenters. The number of aryl methyl sites for hydroxylation is 1. The van der Waals surface area contributed by atoms with Crippen LogP contribution < -0.4 is 10.6 Å². The summed E-state index contributed by atoms with van der Waals surface area (Å²) in [6.07, 6.45) is 8.13. The lowest BCUT2D eigenvalue weighted by Crippen LogP contribution is -2.48. The van der Waals surface area contributed by atoms with Crippen molar-refractivity contribution in [2.24, 2.45) is 23.2 Å². The fourth-order valence-electron chi connectivity index (χ4n) is 6.03. The first-order valence-corrected chi connectivity index (χ1v) is 10.1. The lowest BCUT2D eigenvalue weighted by Gasteiger charge is -2.56. The summed E-state index contributed by atoms with van der Waals surface area (Å²) in [4.78, 5) is 23.2. The van der Waals surface area contributed by atoms with Crippen molar-refractivity contribution < 1.29 is 9.72 Å². The summed E-state index contributed by atoms with van der Waals surface area (Å²) in [5, 5.41) is 16.9. The van der Waals surface area contributed by atoms with Gasteiger partial charge in [-0.3, -0.25) is 14.9 Å². The Hall–Kier alpha value is -2.02. The summed E-state index contributed by atoms with van der Waals surface area (Å²) in [6.45, 7) is 1.84. The number of benzene rings is 1. The van der Waals surface area contributed by atoms with Crippen molar-refractivity contribution in [3.8, 4) is 0 Å². The van der Waals surface area contributed by atoms with Gasteiger partial charge in [0.2, 0.25) is 5.91 Å². The van der Waals surface area contributed by atoms with E-state index >= 15 is 0 Å². The van der Waals surface area contributed by atoms with Gasteiger partial charge in [0.05, 0.1) is 4.92 Å². The molecule has 4 fully saturated rings. The van der Waals surface area contributed by atoms with Crippen molar-refractivity contribution in [1.82, 2.24) is 5.32 Å². The number of nitro groups is 1. The molecule has 2 N–H and O–H groups in total. The Morgan fingerprint density at radius 2 is 1.81 bits per heavy atom. The van der Waals surface area contributed by atoms with Crippen LogP contribution in [0.25, 0.3) is 0 Å². The normalized spacial score (nSPS) is 30.8. The molecule has 0 heterocycles. The summed E-state index contributed by atoms with van der Waals surface area (Å²) < 4.78 is 0. The Labute approximate surface area is 164 Å². The van der Waals surface area contributed by atoms with E-state index in [1.807, 2.05) is 6.92 Å². The highest BCUT2D eigenvalue weighted by Gasteiger charge is 2.51. The van der Waals surface area contributed by atoms with Gasteiger partial charge in [0.15, 0.2) is 5.11 Å². The summed E-state index contributed by atoms with van der Waals surface area (Å²) >= 11 is 5.28. The molecule has 4 saturated carbocycles. The number of nitrogens with one attached hydrogen (secondary N) is 2. The predicted molar refractivity (Wildman–Crippen MR) is 107 cm³/mol. The minimum absolute atomic E-state index is 0.00852. The van der Waals surface area contributed by atoms with Gasteiger partial charge in [-0.2, -0.15) is 0 Å². The highest BCUT2D eigenvalue weighted by atomic mass is 32.1. The number of nitrogens with zero attached hydrogens (tertiary/aromatic N) is 1. The van der Waals surface area contributed by atoms with Crippen LogP contribution in [0, 0.1) is 40.2 Å². The van der Waals surface area contributed by atoms with Crippen LogP contribution in [0.2, 0.25) is 0 Å². The van der Waals surface area contributed by atoms with Crippen LogP contribution in [-0.2, 0) is 4.79 Å². The average Bonchev–Trinajstić information content (AvgIpc) is 2.54. The van der Waals surface area contributed by atoms with Crippen molar-refractivity contribution in [3.63, 3.8) is 0 Å². The predicted octanol–water partition coefficient (Wildman–Crippen LogP) is 4.32. The highest BCUT2D eigenvalue weighted by molar-refractivity contribution is 7.80. The van der Waals surface area contributed by atoms with E-state index in [-0.39, 0.29) is 22.1 Å². The smallest absolute Gasteiger partial charge is 0.271 e.